The zero-order valence-corrected chi connectivity index (χ0v) is 12.1. The van der Waals surface area contributed by atoms with E-state index in [2.05, 4.69) is 15.9 Å². The van der Waals surface area contributed by atoms with Crippen molar-refractivity contribution in [1.82, 2.24) is 5.43 Å². The van der Waals surface area contributed by atoms with Crippen molar-refractivity contribution in [1.29, 1.82) is 0 Å². The van der Waals surface area contributed by atoms with Crippen LogP contribution in [0.15, 0.2) is 16.6 Å². The lowest BCUT2D eigenvalue weighted by Gasteiger charge is -2.14. The maximum atomic E-state index is 13.4. The molecule has 9 heteroatoms. The molecular weight excluding hydrogens is 337 g/mol. The number of carbonyl (C=O) groups is 1. The van der Waals surface area contributed by atoms with Gasteiger partial charge in [0.15, 0.2) is 5.75 Å². The number of hydrazine groups is 1. The Hall–Kier alpha value is -1.74. The second kappa shape index (κ2) is 7.15. The highest BCUT2D eigenvalue weighted by Crippen LogP contribution is 2.33. The third-order valence-electron chi connectivity index (χ3n) is 2.47. The molecule has 1 aromatic rings. The third-order valence-corrected chi connectivity index (χ3v) is 3.07. The van der Waals surface area contributed by atoms with Crippen LogP contribution < -0.4 is 16.0 Å². The van der Waals surface area contributed by atoms with E-state index in [1.54, 1.807) is 6.92 Å². The van der Waals surface area contributed by atoms with Crippen molar-refractivity contribution in [2.24, 2.45) is 5.84 Å². The van der Waals surface area contributed by atoms with Crippen molar-refractivity contribution in [3.63, 3.8) is 0 Å². The van der Waals surface area contributed by atoms with Crippen LogP contribution in [-0.2, 0) is 4.79 Å². The Morgan fingerprint density at radius 1 is 1.65 bits per heavy atom. The molecule has 0 aromatic heterocycles. The molecule has 110 valence electrons. The summed E-state index contributed by atoms with van der Waals surface area (Å²) in [6, 6.07) is 1.96. The number of nitro groups is 1. The predicted molar refractivity (Wildman–Crippen MR) is 72.4 cm³/mol. The Morgan fingerprint density at radius 2 is 2.30 bits per heavy atom. The van der Waals surface area contributed by atoms with E-state index in [9.17, 15) is 19.3 Å². The highest BCUT2D eigenvalue weighted by atomic mass is 79.9. The van der Waals surface area contributed by atoms with E-state index in [1.807, 2.05) is 5.43 Å². The molecule has 0 aliphatic carbocycles. The molecule has 1 unspecified atom stereocenters. The molecule has 0 saturated heterocycles. The minimum Gasteiger partial charge on any atom is -0.484 e. The first-order valence-electron chi connectivity index (χ1n) is 5.64. The molecule has 0 bridgehead atoms. The fraction of sp³-hybridized carbons (Fsp3) is 0.364. The average molecular weight is 350 g/mol. The number of carbonyl (C=O) groups excluding carboxylic acids is 1. The van der Waals surface area contributed by atoms with E-state index in [1.165, 1.54) is 0 Å². The summed E-state index contributed by atoms with van der Waals surface area (Å²) in [6.07, 6.45) is -0.117. The first-order valence-corrected chi connectivity index (χ1v) is 6.44. The van der Waals surface area contributed by atoms with E-state index in [4.69, 9.17) is 10.6 Å². The van der Waals surface area contributed by atoms with Gasteiger partial charge in [0, 0.05) is 18.6 Å². The second-order valence-corrected chi connectivity index (χ2v) is 4.88. The summed E-state index contributed by atoms with van der Waals surface area (Å²) in [7, 11) is 0. The van der Waals surface area contributed by atoms with Crippen LogP contribution in [0.5, 0.6) is 5.75 Å². The summed E-state index contributed by atoms with van der Waals surface area (Å²) in [5.41, 5.74) is 1.61. The number of nitrogens with one attached hydrogen (secondary N) is 1. The van der Waals surface area contributed by atoms with Gasteiger partial charge in [-0.15, -0.1) is 0 Å². The summed E-state index contributed by atoms with van der Waals surface area (Å²) >= 11 is 2.87. The van der Waals surface area contributed by atoms with Gasteiger partial charge in [-0.25, -0.2) is 10.2 Å². The van der Waals surface area contributed by atoms with Gasteiger partial charge >= 0.3 is 5.69 Å². The van der Waals surface area contributed by atoms with Gasteiger partial charge in [-0.1, -0.05) is 0 Å². The molecule has 1 aromatic carbocycles. The van der Waals surface area contributed by atoms with Crippen molar-refractivity contribution in [3.8, 4) is 5.75 Å². The molecule has 7 nitrogen and oxygen atoms in total. The monoisotopic (exact) mass is 349 g/mol. The van der Waals surface area contributed by atoms with Crippen LogP contribution in [0, 0.1) is 15.9 Å². The Morgan fingerprint density at radius 3 is 2.85 bits per heavy atom. The number of nitrogens with two attached hydrogens (primary N) is 1. The number of amides is 1. The molecule has 3 N–H and O–H groups in total. The summed E-state index contributed by atoms with van der Waals surface area (Å²) in [5.74, 6) is 3.70. The molecule has 1 rings (SSSR count). The minimum absolute atomic E-state index is 0.0216. The molecule has 0 spiro atoms. The maximum absolute atomic E-state index is 13.4. The largest absolute Gasteiger partial charge is 0.484 e. The summed E-state index contributed by atoms with van der Waals surface area (Å²) in [6.45, 7) is 1.62. The van der Waals surface area contributed by atoms with E-state index in [0.717, 1.165) is 12.1 Å². The van der Waals surface area contributed by atoms with Crippen LogP contribution in [0.25, 0.3) is 0 Å². The molecular formula is C11H13BrFN3O4. The smallest absolute Gasteiger partial charge is 0.312 e. The van der Waals surface area contributed by atoms with Gasteiger partial charge in [0.1, 0.15) is 5.82 Å². The summed E-state index contributed by atoms with van der Waals surface area (Å²) in [5, 5.41) is 10.9. The van der Waals surface area contributed by atoms with E-state index >= 15 is 0 Å². The first-order chi connectivity index (χ1) is 9.35. The van der Waals surface area contributed by atoms with Crippen molar-refractivity contribution in [2.75, 3.05) is 0 Å². The number of ether oxygens (including phenoxy) is 1. The number of hydrogen-bond donors (Lipinski definition) is 2. The Bertz CT molecular complexity index is 527. The molecule has 0 radical (unpaired) electrons. The molecule has 20 heavy (non-hydrogen) atoms. The lowest BCUT2D eigenvalue weighted by molar-refractivity contribution is -0.386. The van der Waals surface area contributed by atoms with Crippen LogP contribution in [0.1, 0.15) is 19.8 Å². The third kappa shape index (κ3) is 4.42. The van der Waals surface area contributed by atoms with Crippen LogP contribution in [0.3, 0.4) is 0 Å². The summed E-state index contributed by atoms with van der Waals surface area (Å²) < 4.78 is 18.7. The van der Waals surface area contributed by atoms with E-state index in [-0.39, 0.29) is 34.7 Å². The number of halogens is 2. The highest BCUT2D eigenvalue weighted by molar-refractivity contribution is 9.10. The number of benzene rings is 1. The Labute approximate surface area is 122 Å². The van der Waals surface area contributed by atoms with Gasteiger partial charge in [-0.3, -0.25) is 20.3 Å². The molecule has 0 aliphatic heterocycles. The van der Waals surface area contributed by atoms with Crippen molar-refractivity contribution in [3.05, 3.63) is 32.5 Å². The quantitative estimate of drug-likeness (QED) is 0.353. The number of nitro benzene ring substituents is 1. The molecule has 0 aliphatic rings. The van der Waals surface area contributed by atoms with Gasteiger partial charge in [-0.2, -0.15) is 0 Å². The highest BCUT2D eigenvalue weighted by Gasteiger charge is 2.21. The lowest BCUT2D eigenvalue weighted by Crippen LogP contribution is -2.30. The zero-order valence-electron chi connectivity index (χ0n) is 10.6. The van der Waals surface area contributed by atoms with Gasteiger partial charge < -0.3 is 4.74 Å². The predicted octanol–water partition coefficient (Wildman–Crippen LogP) is 2.03. The maximum Gasteiger partial charge on any atom is 0.312 e. The van der Waals surface area contributed by atoms with Crippen molar-refractivity contribution < 1.29 is 18.8 Å². The normalized spacial score (nSPS) is 11.8. The van der Waals surface area contributed by atoms with E-state index < -0.39 is 16.8 Å². The van der Waals surface area contributed by atoms with Gasteiger partial charge in [0.05, 0.1) is 15.5 Å². The van der Waals surface area contributed by atoms with E-state index in [0.29, 0.717) is 0 Å². The van der Waals surface area contributed by atoms with Crippen molar-refractivity contribution in [2.45, 2.75) is 25.9 Å². The standard InChI is InChI=1S/C11H13BrFN3O4/c1-6(2-3-11(17)15-14)20-10-5-8(13)7(12)4-9(10)16(18)19/h4-6H,2-3,14H2,1H3,(H,15,17). The number of nitrogens with zero attached hydrogens (tertiary/aromatic N) is 1. The SMILES string of the molecule is CC(CCC(=O)NN)Oc1cc(F)c(Br)cc1[N+](=O)[O-]. The zero-order chi connectivity index (χ0) is 15.3. The summed E-state index contributed by atoms with van der Waals surface area (Å²) in [4.78, 5) is 21.2. The Balaban J connectivity index is 2.83. The van der Waals surface area contributed by atoms with Crippen LogP contribution >= 0.6 is 15.9 Å². The van der Waals surface area contributed by atoms with Crippen LogP contribution in [-0.4, -0.2) is 16.9 Å². The van der Waals surface area contributed by atoms with Gasteiger partial charge in [0.2, 0.25) is 5.91 Å². The topological polar surface area (TPSA) is 107 Å². The molecule has 0 heterocycles. The molecule has 1 amide bonds. The van der Waals surface area contributed by atoms with Crippen molar-refractivity contribution >= 4 is 27.5 Å². The Kier molecular flexibility index (Phi) is 5.83. The molecule has 1 atom stereocenters. The molecule has 0 saturated carbocycles. The second-order valence-electron chi connectivity index (χ2n) is 4.03. The average Bonchev–Trinajstić information content (AvgIpc) is 2.39. The van der Waals surface area contributed by atoms with Crippen LogP contribution in [0.2, 0.25) is 0 Å². The van der Waals surface area contributed by atoms with Crippen LogP contribution in [0.4, 0.5) is 10.1 Å². The lowest BCUT2D eigenvalue weighted by atomic mass is 10.2. The number of hydrogen-bond acceptors (Lipinski definition) is 5. The first kappa shape index (κ1) is 16.3. The van der Waals surface area contributed by atoms with Gasteiger partial charge in [0.25, 0.3) is 0 Å². The molecule has 0 fully saturated rings. The fourth-order valence-electron chi connectivity index (χ4n) is 1.44. The van der Waals surface area contributed by atoms with Gasteiger partial charge in [-0.05, 0) is 29.3 Å². The fourth-order valence-corrected chi connectivity index (χ4v) is 1.77. The minimum atomic E-state index is -0.669. The number of rotatable bonds is 6.